The van der Waals surface area contributed by atoms with Gasteiger partial charge in [0.15, 0.2) is 5.82 Å². The Morgan fingerprint density at radius 3 is 1.50 bits per heavy atom. The van der Waals surface area contributed by atoms with E-state index in [1.807, 2.05) is 36.4 Å². The summed E-state index contributed by atoms with van der Waals surface area (Å²) in [7, 11) is 0. The normalized spacial score (nSPS) is 13.8. The van der Waals surface area contributed by atoms with Crippen LogP contribution in [0.1, 0.15) is 29.0 Å². The number of rotatable bonds is 8. The van der Waals surface area contributed by atoms with E-state index >= 15 is 0 Å². The van der Waals surface area contributed by atoms with Crippen LogP contribution in [0.15, 0.2) is 218 Å². The van der Waals surface area contributed by atoms with Crippen LogP contribution in [0, 0.1) is 0 Å². The van der Waals surface area contributed by atoms with E-state index in [0.29, 0.717) is 11.7 Å². The van der Waals surface area contributed by atoms with Crippen LogP contribution in [0.2, 0.25) is 0 Å². The van der Waals surface area contributed by atoms with Gasteiger partial charge < -0.3 is 0 Å². The number of benzene rings is 7. The summed E-state index contributed by atoms with van der Waals surface area (Å²) in [5, 5.41) is 2.27. The molecule has 0 spiro atoms. The molecule has 10 rings (SSSR count). The minimum atomic E-state index is 0.304. The Labute approximate surface area is 339 Å². The highest BCUT2D eigenvalue weighted by Gasteiger charge is 2.20. The van der Waals surface area contributed by atoms with E-state index in [4.69, 9.17) is 15.0 Å². The molecule has 0 amide bonds. The second-order valence-electron chi connectivity index (χ2n) is 14.8. The number of pyridine rings is 1. The highest BCUT2D eigenvalue weighted by atomic mass is 14.9. The molecule has 0 N–H and O–H groups in total. The summed E-state index contributed by atoms with van der Waals surface area (Å²) in [6.07, 6.45) is 5.77. The van der Waals surface area contributed by atoms with Crippen molar-refractivity contribution < 1.29 is 0 Å². The van der Waals surface area contributed by atoms with Crippen LogP contribution in [0.4, 0.5) is 0 Å². The van der Waals surface area contributed by atoms with Crippen molar-refractivity contribution in [2.75, 3.05) is 0 Å². The smallest absolute Gasteiger partial charge is 0.160 e. The van der Waals surface area contributed by atoms with Crippen molar-refractivity contribution in [3.63, 3.8) is 0 Å². The first kappa shape index (κ1) is 35.0. The Morgan fingerprint density at radius 1 is 0.379 bits per heavy atom. The first-order valence-corrected chi connectivity index (χ1v) is 19.9. The zero-order chi connectivity index (χ0) is 38.7. The quantitative estimate of drug-likeness (QED) is 0.156. The molecule has 0 saturated carbocycles. The zero-order valence-electron chi connectivity index (χ0n) is 31.9. The standard InChI is InChI=1S/C55H39N3/c1-5-15-38(16-6-1)47-33-48(39-17-7-2-8-18-39)35-49(34-47)40-25-27-42(28-26-40)51-36-46-23-13-14-24-50(46)54(56-51)44-31-29-43(30-32-44)53-37-52(41-19-9-3-10-20-41)57-55(58-53)45-21-11-4-12-22-45/h1-32,34-37,47H,33H2. The zero-order valence-corrected chi connectivity index (χ0v) is 31.9. The van der Waals surface area contributed by atoms with E-state index in [9.17, 15) is 0 Å². The lowest BCUT2D eigenvalue weighted by Gasteiger charge is -2.23. The summed E-state index contributed by atoms with van der Waals surface area (Å²) in [6, 6.07) is 72.5. The summed E-state index contributed by atoms with van der Waals surface area (Å²) >= 11 is 0. The van der Waals surface area contributed by atoms with E-state index < -0.39 is 0 Å². The molecule has 1 aliphatic carbocycles. The summed E-state index contributed by atoms with van der Waals surface area (Å²) in [4.78, 5) is 15.4. The third kappa shape index (κ3) is 7.18. The molecule has 3 nitrogen and oxygen atoms in total. The SMILES string of the molecule is C1=C(c2ccc(-c3cc4ccccc4c(-c4ccc(-c5cc(-c6ccccc6)nc(-c6ccccc6)n5)cc4)n3)cc2)C=C(c2ccccc2)CC1c1ccccc1. The van der Waals surface area contributed by atoms with Crippen LogP contribution in [0.3, 0.4) is 0 Å². The molecule has 1 atom stereocenters. The lowest BCUT2D eigenvalue weighted by atomic mass is 9.81. The molecule has 0 saturated heterocycles. The van der Waals surface area contributed by atoms with Gasteiger partial charge in [0, 0.05) is 39.1 Å². The molecular formula is C55H39N3. The van der Waals surface area contributed by atoms with E-state index in [2.05, 4.69) is 182 Å². The summed E-state index contributed by atoms with van der Waals surface area (Å²) in [5.41, 5.74) is 15.3. The number of aromatic nitrogens is 3. The molecule has 1 aliphatic rings. The van der Waals surface area contributed by atoms with Gasteiger partial charge in [-0.15, -0.1) is 0 Å². The van der Waals surface area contributed by atoms with Crippen molar-refractivity contribution >= 4 is 21.9 Å². The van der Waals surface area contributed by atoms with Crippen LogP contribution in [-0.2, 0) is 0 Å². The molecule has 0 radical (unpaired) electrons. The predicted octanol–water partition coefficient (Wildman–Crippen LogP) is 14.0. The van der Waals surface area contributed by atoms with E-state index in [-0.39, 0.29) is 0 Å². The molecule has 3 heteroatoms. The van der Waals surface area contributed by atoms with Gasteiger partial charge >= 0.3 is 0 Å². The summed E-state index contributed by atoms with van der Waals surface area (Å²) in [5.74, 6) is 1.01. The molecule has 2 heterocycles. The molecule has 9 aromatic rings. The lowest BCUT2D eigenvalue weighted by Crippen LogP contribution is -2.03. The fraction of sp³-hybridized carbons (Fsp3) is 0.0364. The largest absolute Gasteiger partial charge is 0.247 e. The van der Waals surface area contributed by atoms with Crippen LogP contribution in [-0.4, -0.2) is 15.0 Å². The fourth-order valence-electron chi connectivity index (χ4n) is 8.02. The van der Waals surface area contributed by atoms with Crippen molar-refractivity contribution in [3.05, 3.63) is 235 Å². The number of fused-ring (bicyclic) bond motifs is 1. The molecule has 0 aliphatic heterocycles. The van der Waals surface area contributed by atoms with Gasteiger partial charge in [0.1, 0.15) is 0 Å². The Hall–Kier alpha value is -7.49. The first-order valence-electron chi connectivity index (χ1n) is 19.9. The average Bonchev–Trinajstić information content (AvgIpc) is 3.32. The molecule has 0 fully saturated rings. The maximum absolute atomic E-state index is 5.34. The molecule has 274 valence electrons. The minimum Gasteiger partial charge on any atom is -0.247 e. The molecule has 58 heavy (non-hydrogen) atoms. The van der Waals surface area contributed by atoms with Crippen LogP contribution in [0.25, 0.3) is 78.3 Å². The Balaban J connectivity index is 0.995. The van der Waals surface area contributed by atoms with Gasteiger partial charge in [0.05, 0.1) is 22.8 Å². The highest BCUT2D eigenvalue weighted by molar-refractivity contribution is 5.97. The maximum Gasteiger partial charge on any atom is 0.160 e. The summed E-state index contributed by atoms with van der Waals surface area (Å²) < 4.78 is 0. The summed E-state index contributed by atoms with van der Waals surface area (Å²) in [6.45, 7) is 0. The van der Waals surface area contributed by atoms with Crippen LogP contribution in [0.5, 0.6) is 0 Å². The molecule has 2 aromatic heterocycles. The van der Waals surface area contributed by atoms with Crippen molar-refractivity contribution in [2.45, 2.75) is 12.3 Å². The Kier molecular flexibility index (Phi) is 9.38. The van der Waals surface area contributed by atoms with Crippen molar-refractivity contribution in [3.8, 4) is 56.4 Å². The lowest BCUT2D eigenvalue weighted by molar-refractivity contribution is 0.871. The number of hydrogen-bond acceptors (Lipinski definition) is 3. The second kappa shape index (κ2) is 15.6. The first-order chi connectivity index (χ1) is 28.7. The topological polar surface area (TPSA) is 38.7 Å². The van der Waals surface area contributed by atoms with Crippen LogP contribution >= 0.6 is 0 Å². The predicted molar refractivity (Wildman–Crippen MR) is 241 cm³/mol. The van der Waals surface area contributed by atoms with Gasteiger partial charge in [-0.25, -0.2) is 15.0 Å². The molecule has 0 bridgehead atoms. The number of hydrogen-bond donors (Lipinski definition) is 0. The third-order valence-electron chi connectivity index (χ3n) is 11.1. The molecule has 7 aromatic carbocycles. The van der Waals surface area contributed by atoms with Gasteiger partial charge in [-0.1, -0.05) is 206 Å². The Bertz CT molecular complexity index is 2860. The Morgan fingerprint density at radius 2 is 0.862 bits per heavy atom. The van der Waals surface area contributed by atoms with Crippen molar-refractivity contribution in [1.29, 1.82) is 0 Å². The monoisotopic (exact) mass is 741 g/mol. The van der Waals surface area contributed by atoms with Gasteiger partial charge in [-0.05, 0) is 51.8 Å². The van der Waals surface area contributed by atoms with E-state index in [1.165, 1.54) is 27.8 Å². The maximum atomic E-state index is 5.34. The van der Waals surface area contributed by atoms with Gasteiger partial charge in [0.2, 0.25) is 0 Å². The number of nitrogens with zero attached hydrogens (tertiary/aromatic N) is 3. The average molecular weight is 742 g/mol. The third-order valence-corrected chi connectivity index (χ3v) is 11.1. The second-order valence-corrected chi connectivity index (χ2v) is 14.8. The van der Waals surface area contributed by atoms with E-state index in [1.54, 1.807) is 0 Å². The van der Waals surface area contributed by atoms with E-state index in [0.717, 1.165) is 67.8 Å². The molecular weight excluding hydrogens is 703 g/mol. The van der Waals surface area contributed by atoms with Gasteiger partial charge in [-0.3, -0.25) is 0 Å². The van der Waals surface area contributed by atoms with Crippen molar-refractivity contribution in [1.82, 2.24) is 15.0 Å². The highest BCUT2D eigenvalue weighted by Crippen LogP contribution is 2.40. The van der Waals surface area contributed by atoms with Crippen molar-refractivity contribution in [2.24, 2.45) is 0 Å². The number of allylic oxidation sites excluding steroid dienone is 4. The molecule has 1 unspecified atom stereocenters. The van der Waals surface area contributed by atoms with Crippen LogP contribution < -0.4 is 0 Å². The minimum absolute atomic E-state index is 0.304. The van der Waals surface area contributed by atoms with Gasteiger partial charge in [-0.2, -0.15) is 0 Å². The van der Waals surface area contributed by atoms with Gasteiger partial charge in [0.25, 0.3) is 0 Å². The fourth-order valence-corrected chi connectivity index (χ4v) is 8.02.